The van der Waals surface area contributed by atoms with Crippen molar-refractivity contribution in [2.45, 2.75) is 33.0 Å². The van der Waals surface area contributed by atoms with Gasteiger partial charge in [-0.15, -0.1) is 0 Å². The van der Waals surface area contributed by atoms with Crippen LogP contribution in [0.4, 0.5) is 0 Å². The van der Waals surface area contributed by atoms with Gasteiger partial charge in [0.25, 0.3) is 0 Å². The van der Waals surface area contributed by atoms with E-state index < -0.39 is 28.4 Å². The fraction of sp³-hybridized carbons (Fsp3) is 0.333. The van der Waals surface area contributed by atoms with Crippen molar-refractivity contribution in [2.75, 3.05) is 0 Å². The predicted octanol–water partition coefficient (Wildman–Crippen LogP) is 0.300. The maximum Gasteiger partial charge on any atom is -1.00 e. The predicted molar refractivity (Wildman–Crippen MR) is 134 cm³/mol. The van der Waals surface area contributed by atoms with Crippen LogP contribution >= 0.6 is 0 Å². The molecule has 4 aliphatic rings. The summed E-state index contributed by atoms with van der Waals surface area (Å²) in [5.74, 6) is 3.29. The Kier molecular flexibility index (Phi) is 9.40. The smallest absolute Gasteiger partial charge is 1.00 e. The second-order valence-corrected chi connectivity index (χ2v) is 41.8. The van der Waals surface area contributed by atoms with E-state index in [2.05, 4.69) is 109 Å². The maximum absolute atomic E-state index is 2.63. The standard InChI is InChI=1S/C12H10Ge.2C9H11.2ClH.Hf/c1-3-7-11(8-4-1)13-12-9-5-2-6-10-12;2*1-2-5-9-7-3-6-8(9)4-1;;;/h1-10H;2*1-2,4-6,8-9H,3,7H2;2*1H;/q;;;;;+2/p-2. The molecule has 6 atom stereocenters. The van der Waals surface area contributed by atoms with E-state index in [0.717, 1.165) is 31.0 Å². The Bertz CT molecular complexity index is 1030. The van der Waals surface area contributed by atoms with Crippen molar-refractivity contribution in [1.29, 1.82) is 0 Å². The first-order valence-corrected chi connectivity index (χ1v) is 29.1. The molecule has 0 bridgehead atoms. The third-order valence-corrected chi connectivity index (χ3v) is 58.3. The molecule has 2 saturated carbocycles. The van der Waals surface area contributed by atoms with E-state index in [0.29, 0.717) is 0 Å². The van der Waals surface area contributed by atoms with E-state index in [1.54, 1.807) is 8.79 Å². The summed E-state index contributed by atoms with van der Waals surface area (Å²) >= 11 is -2.13. The number of fused-ring (bicyclic) bond motifs is 2. The van der Waals surface area contributed by atoms with Crippen molar-refractivity contribution in [2.24, 2.45) is 23.7 Å². The van der Waals surface area contributed by atoms with E-state index in [4.69, 9.17) is 0 Å². The molecule has 0 nitrogen and oxygen atoms in total. The molecule has 0 spiro atoms. The SMILES string of the molecule is C1=CC2CC[CH]([Hf+2]([CH]3CCC4C=CC=CC43)=[Ge]([c]3ccccc3)[c]3ccccc3)C2C=C1.[Cl-].[Cl-]. The molecule has 2 fully saturated rings. The average Bonchev–Trinajstić information content (AvgIpc) is 3.48. The average molecular weight is 715 g/mol. The van der Waals surface area contributed by atoms with Gasteiger partial charge in [0.05, 0.1) is 0 Å². The van der Waals surface area contributed by atoms with Crippen LogP contribution in [0.15, 0.2) is 109 Å². The number of rotatable bonds is 4. The Balaban J connectivity index is 0.00000137. The number of hydrogen-bond acceptors (Lipinski definition) is 0. The van der Waals surface area contributed by atoms with Crippen LogP contribution in [0.2, 0.25) is 7.35 Å². The summed E-state index contributed by atoms with van der Waals surface area (Å²) in [6.07, 6.45) is 25.6. The number of halogens is 2. The van der Waals surface area contributed by atoms with E-state index >= 15 is 0 Å². The van der Waals surface area contributed by atoms with Gasteiger partial charge in [-0.2, -0.15) is 0 Å². The molecule has 0 radical (unpaired) electrons. The van der Waals surface area contributed by atoms with Crippen LogP contribution in [0.25, 0.3) is 0 Å². The summed E-state index contributed by atoms with van der Waals surface area (Å²) in [4.78, 5) is 0. The summed E-state index contributed by atoms with van der Waals surface area (Å²) in [6, 6.07) is 23.8. The zero-order valence-corrected chi connectivity index (χ0v) is 26.6. The molecule has 0 heterocycles. The molecule has 0 aromatic heterocycles. The summed E-state index contributed by atoms with van der Waals surface area (Å²) in [5, 5.41) is 0. The first-order valence-electron chi connectivity index (χ1n) is 12.4. The Morgan fingerprint density at radius 1 is 0.529 bits per heavy atom. The van der Waals surface area contributed by atoms with Gasteiger partial charge in [-0.1, -0.05) is 0 Å². The molecule has 4 aliphatic carbocycles. The molecule has 0 aliphatic heterocycles. The first kappa shape index (κ1) is 26.5. The van der Waals surface area contributed by atoms with Crippen molar-refractivity contribution in [3.63, 3.8) is 0 Å². The minimum absolute atomic E-state index is 0. The normalized spacial score (nSPS) is 29.9. The fourth-order valence-electron chi connectivity index (χ4n) is 6.99. The summed E-state index contributed by atoms with van der Waals surface area (Å²) in [6.45, 7) is 0. The molecule has 34 heavy (non-hydrogen) atoms. The van der Waals surface area contributed by atoms with Crippen LogP contribution in [-0.4, -0.2) is 10.1 Å². The van der Waals surface area contributed by atoms with Gasteiger partial charge < -0.3 is 24.8 Å². The van der Waals surface area contributed by atoms with Crippen LogP contribution in [0.1, 0.15) is 25.7 Å². The van der Waals surface area contributed by atoms with Gasteiger partial charge in [0, 0.05) is 0 Å². The van der Waals surface area contributed by atoms with Crippen molar-refractivity contribution < 1.29 is 43.2 Å². The molecular formula is C30H32Cl2GeHf. The van der Waals surface area contributed by atoms with Gasteiger partial charge >= 0.3 is 203 Å². The quantitative estimate of drug-likeness (QED) is 0.401. The van der Waals surface area contributed by atoms with Gasteiger partial charge in [0.2, 0.25) is 0 Å². The Morgan fingerprint density at radius 3 is 1.38 bits per heavy atom. The van der Waals surface area contributed by atoms with Gasteiger partial charge in [-0.05, 0) is 0 Å². The van der Waals surface area contributed by atoms with Gasteiger partial charge in [-0.25, -0.2) is 0 Å². The van der Waals surface area contributed by atoms with Crippen LogP contribution in [0.3, 0.4) is 0 Å². The minimum Gasteiger partial charge on any atom is -1.00 e. The zero-order chi connectivity index (χ0) is 21.3. The fourth-order valence-corrected chi connectivity index (χ4v) is 67.9. The van der Waals surface area contributed by atoms with Gasteiger partial charge in [0.1, 0.15) is 0 Å². The van der Waals surface area contributed by atoms with Crippen molar-refractivity contribution in [1.82, 2.24) is 0 Å². The molecule has 2 aromatic carbocycles. The second kappa shape index (κ2) is 12.1. The maximum atomic E-state index is 2.63. The summed E-state index contributed by atoms with van der Waals surface area (Å²) < 4.78 is 5.59. The van der Waals surface area contributed by atoms with Gasteiger partial charge in [0.15, 0.2) is 0 Å². The first-order chi connectivity index (χ1) is 15.9. The second-order valence-electron chi connectivity index (χ2n) is 9.95. The Labute approximate surface area is 226 Å². The molecule has 6 unspecified atom stereocenters. The van der Waals surface area contributed by atoms with Crippen molar-refractivity contribution in [3.8, 4) is 0 Å². The van der Waals surface area contributed by atoms with Crippen LogP contribution in [0.5, 0.6) is 0 Å². The van der Waals surface area contributed by atoms with Crippen LogP contribution < -0.4 is 33.6 Å². The third kappa shape index (κ3) is 5.10. The molecule has 0 N–H and O–H groups in total. The monoisotopic (exact) mass is 716 g/mol. The van der Waals surface area contributed by atoms with E-state index in [1.807, 2.05) is 0 Å². The third-order valence-electron chi connectivity index (χ3n) is 8.36. The number of hydrogen-bond donors (Lipinski definition) is 0. The van der Waals surface area contributed by atoms with Crippen molar-refractivity contribution in [3.05, 3.63) is 109 Å². The zero-order valence-electron chi connectivity index (χ0n) is 19.4. The molecule has 174 valence electrons. The molecule has 2 aromatic rings. The number of benzene rings is 2. The molecule has 0 amide bonds. The summed E-state index contributed by atoms with van der Waals surface area (Å²) in [5.41, 5.74) is 0. The molecular weight excluding hydrogens is 682 g/mol. The summed E-state index contributed by atoms with van der Waals surface area (Å²) in [7, 11) is -1.58. The van der Waals surface area contributed by atoms with E-state index in [-0.39, 0.29) is 24.8 Å². The Morgan fingerprint density at radius 2 is 0.941 bits per heavy atom. The van der Waals surface area contributed by atoms with E-state index in [9.17, 15) is 0 Å². The van der Waals surface area contributed by atoms with Crippen LogP contribution in [-0.2, 0) is 18.3 Å². The molecule has 4 heteroatoms. The number of allylic oxidation sites excluding steroid dienone is 8. The van der Waals surface area contributed by atoms with Crippen LogP contribution in [0, 0.1) is 23.7 Å². The van der Waals surface area contributed by atoms with Crippen molar-refractivity contribution >= 4 is 18.8 Å². The molecule has 6 rings (SSSR count). The molecule has 0 saturated heterocycles. The van der Waals surface area contributed by atoms with Gasteiger partial charge in [-0.3, -0.25) is 0 Å². The minimum atomic E-state index is -2.13. The Hall–Kier alpha value is -0.607. The largest absolute Gasteiger partial charge is 1.00 e. The van der Waals surface area contributed by atoms with E-state index in [1.165, 1.54) is 25.7 Å². The topological polar surface area (TPSA) is 0 Å².